The van der Waals surface area contributed by atoms with E-state index in [2.05, 4.69) is 4.99 Å². The molecule has 34 heavy (non-hydrogen) atoms. The van der Waals surface area contributed by atoms with Gasteiger partial charge in [0.15, 0.2) is 16.3 Å². The SMILES string of the molecule is CCOC(=O)C1=C(C)N=c2sc(=Cc3ccc(SC)cc3)c(=O)n2[C@H]1c1ccc2c(c1)OCO2. The van der Waals surface area contributed by atoms with E-state index in [-0.39, 0.29) is 19.0 Å². The Morgan fingerprint density at radius 1 is 1.24 bits per heavy atom. The van der Waals surface area contributed by atoms with E-state index in [0.717, 1.165) is 16.0 Å². The number of rotatable bonds is 5. The smallest absolute Gasteiger partial charge is 0.338 e. The van der Waals surface area contributed by atoms with Gasteiger partial charge in [-0.05, 0) is 61.6 Å². The molecule has 7 nitrogen and oxygen atoms in total. The van der Waals surface area contributed by atoms with Gasteiger partial charge in [0.05, 0.1) is 28.5 Å². The molecule has 0 unspecified atom stereocenters. The lowest BCUT2D eigenvalue weighted by atomic mass is 9.95. The number of benzene rings is 2. The maximum Gasteiger partial charge on any atom is 0.338 e. The molecule has 3 aromatic rings. The van der Waals surface area contributed by atoms with Crippen molar-refractivity contribution in [3.8, 4) is 11.5 Å². The first kappa shape index (κ1) is 22.5. The first-order chi connectivity index (χ1) is 16.5. The summed E-state index contributed by atoms with van der Waals surface area (Å²) in [5.74, 6) is 0.711. The molecular formula is C25H22N2O5S2. The van der Waals surface area contributed by atoms with Crippen molar-refractivity contribution < 1.29 is 19.0 Å². The summed E-state index contributed by atoms with van der Waals surface area (Å²) in [6.07, 6.45) is 3.88. The maximum absolute atomic E-state index is 13.6. The highest BCUT2D eigenvalue weighted by atomic mass is 32.2. The first-order valence-corrected chi connectivity index (χ1v) is 12.8. The average molecular weight is 495 g/mol. The molecule has 2 aliphatic heterocycles. The van der Waals surface area contributed by atoms with Crippen molar-refractivity contribution in [1.29, 1.82) is 0 Å². The minimum atomic E-state index is -0.689. The van der Waals surface area contributed by atoms with Crippen LogP contribution in [0, 0.1) is 0 Å². The van der Waals surface area contributed by atoms with Gasteiger partial charge in [-0.25, -0.2) is 9.79 Å². The van der Waals surface area contributed by atoms with E-state index >= 15 is 0 Å². The van der Waals surface area contributed by atoms with Gasteiger partial charge >= 0.3 is 5.97 Å². The Morgan fingerprint density at radius 2 is 2.00 bits per heavy atom. The zero-order valence-corrected chi connectivity index (χ0v) is 20.5. The number of hydrogen-bond donors (Lipinski definition) is 0. The molecule has 3 heterocycles. The summed E-state index contributed by atoms with van der Waals surface area (Å²) in [4.78, 5) is 32.9. The van der Waals surface area contributed by atoms with Crippen LogP contribution in [0.15, 0.2) is 68.4 Å². The van der Waals surface area contributed by atoms with Crippen LogP contribution in [0.3, 0.4) is 0 Å². The predicted molar refractivity (Wildman–Crippen MR) is 131 cm³/mol. The maximum atomic E-state index is 13.6. The number of ether oxygens (including phenoxy) is 3. The van der Waals surface area contributed by atoms with Crippen molar-refractivity contribution in [1.82, 2.24) is 4.57 Å². The molecule has 174 valence electrons. The quantitative estimate of drug-likeness (QED) is 0.400. The molecule has 1 aromatic heterocycles. The Labute approximate surface area is 204 Å². The number of thioether (sulfide) groups is 1. The topological polar surface area (TPSA) is 79.1 Å². The number of thiazole rings is 1. The second-order valence-corrected chi connectivity index (χ2v) is 9.58. The third-order valence-electron chi connectivity index (χ3n) is 5.64. The zero-order chi connectivity index (χ0) is 23.8. The lowest BCUT2D eigenvalue weighted by molar-refractivity contribution is -0.139. The molecule has 2 aromatic carbocycles. The fourth-order valence-corrected chi connectivity index (χ4v) is 5.50. The molecule has 2 aliphatic rings. The van der Waals surface area contributed by atoms with Crippen LogP contribution in [-0.4, -0.2) is 30.2 Å². The molecule has 0 radical (unpaired) electrons. The summed E-state index contributed by atoms with van der Waals surface area (Å²) in [5, 5.41) is 0. The van der Waals surface area contributed by atoms with Crippen LogP contribution in [0.25, 0.3) is 6.08 Å². The largest absolute Gasteiger partial charge is 0.463 e. The highest BCUT2D eigenvalue weighted by Gasteiger charge is 2.34. The van der Waals surface area contributed by atoms with E-state index in [1.54, 1.807) is 36.2 Å². The molecule has 0 amide bonds. The van der Waals surface area contributed by atoms with Crippen LogP contribution < -0.4 is 24.4 Å². The number of aromatic nitrogens is 1. The fraction of sp³-hybridized carbons (Fsp3) is 0.240. The molecule has 0 aliphatic carbocycles. The lowest BCUT2D eigenvalue weighted by Crippen LogP contribution is -2.39. The van der Waals surface area contributed by atoms with Gasteiger partial charge in [0, 0.05) is 4.90 Å². The third-order valence-corrected chi connectivity index (χ3v) is 7.37. The third kappa shape index (κ3) is 3.95. The molecule has 0 N–H and O–H groups in total. The fourth-order valence-electron chi connectivity index (χ4n) is 4.04. The van der Waals surface area contributed by atoms with Gasteiger partial charge in [0.25, 0.3) is 5.56 Å². The summed E-state index contributed by atoms with van der Waals surface area (Å²) in [6, 6.07) is 12.8. The van der Waals surface area contributed by atoms with Crippen LogP contribution in [0.2, 0.25) is 0 Å². The lowest BCUT2D eigenvalue weighted by Gasteiger charge is -2.24. The molecule has 1 atom stereocenters. The summed E-state index contributed by atoms with van der Waals surface area (Å²) in [5.41, 5.74) is 2.29. The van der Waals surface area contributed by atoms with E-state index in [4.69, 9.17) is 14.2 Å². The van der Waals surface area contributed by atoms with E-state index < -0.39 is 12.0 Å². The van der Waals surface area contributed by atoms with Crippen molar-refractivity contribution >= 4 is 35.1 Å². The Balaban J connectivity index is 1.69. The Bertz CT molecular complexity index is 1480. The number of carbonyl (C=O) groups is 1. The van der Waals surface area contributed by atoms with Gasteiger partial charge in [0.2, 0.25) is 6.79 Å². The number of nitrogens with zero attached hydrogens (tertiary/aromatic N) is 2. The molecule has 0 saturated carbocycles. The van der Waals surface area contributed by atoms with Gasteiger partial charge in [-0.15, -0.1) is 11.8 Å². The van der Waals surface area contributed by atoms with Gasteiger partial charge in [-0.1, -0.05) is 29.5 Å². The van der Waals surface area contributed by atoms with Crippen LogP contribution in [-0.2, 0) is 9.53 Å². The molecule has 5 rings (SSSR count). The average Bonchev–Trinajstić information content (AvgIpc) is 3.42. The Morgan fingerprint density at radius 3 is 2.74 bits per heavy atom. The summed E-state index contributed by atoms with van der Waals surface area (Å²) < 4.78 is 18.4. The van der Waals surface area contributed by atoms with E-state index in [9.17, 15) is 9.59 Å². The number of carbonyl (C=O) groups excluding carboxylic acids is 1. The van der Waals surface area contributed by atoms with Crippen molar-refractivity contribution in [2.75, 3.05) is 19.7 Å². The van der Waals surface area contributed by atoms with Crippen LogP contribution >= 0.6 is 23.1 Å². The minimum absolute atomic E-state index is 0.135. The Hall–Kier alpha value is -3.30. The van der Waals surface area contributed by atoms with Gasteiger partial charge < -0.3 is 14.2 Å². The molecule has 0 saturated heterocycles. The number of hydrogen-bond acceptors (Lipinski definition) is 8. The van der Waals surface area contributed by atoms with Crippen molar-refractivity contribution in [3.05, 3.63) is 84.5 Å². The standard InChI is InChI=1S/C25H22N2O5S2/c1-4-30-24(29)21-14(2)26-25-27(22(21)16-7-10-18-19(12-16)32-13-31-18)23(28)20(34-25)11-15-5-8-17(33-3)9-6-15/h5-12,22H,4,13H2,1-3H3/t22-/m0/s1. The summed E-state index contributed by atoms with van der Waals surface area (Å²) >= 11 is 2.96. The van der Waals surface area contributed by atoms with Gasteiger partial charge in [-0.2, -0.15) is 0 Å². The summed E-state index contributed by atoms with van der Waals surface area (Å²) in [7, 11) is 0. The van der Waals surface area contributed by atoms with Crippen LogP contribution in [0.4, 0.5) is 0 Å². The molecular weight excluding hydrogens is 472 g/mol. The molecule has 0 spiro atoms. The molecule has 0 fully saturated rings. The second-order valence-electron chi connectivity index (χ2n) is 7.69. The first-order valence-electron chi connectivity index (χ1n) is 10.7. The normalized spacial score (nSPS) is 16.9. The minimum Gasteiger partial charge on any atom is -0.463 e. The molecule has 0 bridgehead atoms. The second kappa shape index (κ2) is 9.15. The Kier molecular flexibility index (Phi) is 6.05. The van der Waals surface area contributed by atoms with E-state index in [1.807, 2.05) is 48.7 Å². The van der Waals surface area contributed by atoms with Crippen molar-refractivity contribution in [3.63, 3.8) is 0 Å². The van der Waals surface area contributed by atoms with Gasteiger partial charge in [-0.3, -0.25) is 9.36 Å². The van der Waals surface area contributed by atoms with E-state index in [0.29, 0.717) is 32.1 Å². The van der Waals surface area contributed by atoms with Crippen molar-refractivity contribution in [2.45, 2.75) is 24.8 Å². The monoisotopic (exact) mass is 494 g/mol. The highest BCUT2D eigenvalue weighted by Crippen LogP contribution is 2.38. The van der Waals surface area contributed by atoms with E-state index in [1.165, 1.54) is 11.3 Å². The predicted octanol–water partition coefficient (Wildman–Crippen LogP) is 3.25. The number of allylic oxidation sites excluding steroid dienone is 1. The summed E-state index contributed by atoms with van der Waals surface area (Å²) in [6.45, 7) is 3.88. The zero-order valence-electron chi connectivity index (χ0n) is 18.9. The number of esters is 1. The van der Waals surface area contributed by atoms with Gasteiger partial charge in [0.1, 0.15) is 0 Å². The highest BCUT2D eigenvalue weighted by molar-refractivity contribution is 7.98. The van der Waals surface area contributed by atoms with Crippen LogP contribution in [0.5, 0.6) is 11.5 Å². The van der Waals surface area contributed by atoms with Crippen LogP contribution in [0.1, 0.15) is 31.0 Å². The number of fused-ring (bicyclic) bond motifs is 2. The van der Waals surface area contributed by atoms with Crippen molar-refractivity contribution in [2.24, 2.45) is 4.99 Å². The molecule has 9 heteroatoms.